The van der Waals surface area contributed by atoms with E-state index in [1.807, 2.05) is 0 Å². The van der Waals surface area contributed by atoms with Gasteiger partial charge in [0.05, 0.1) is 13.7 Å². The molecule has 2 amide bonds. The number of amides is 2. The van der Waals surface area contributed by atoms with Crippen LogP contribution in [0.5, 0.6) is 5.75 Å². The average molecular weight is 399 g/mol. The molecule has 0 radical (unpaired) electrons. The van der Waals surface area contributed by atoms with Crippen LogP contribution in [0.15, 0.2) is 53.3 Å². The lowest BCUT2D eigenvalue weighted by molar-refractivity contribution is 0.199. The second kappa shape index (κ2) is 9.20. The van der Waals surface area contributed by atoms with Crippen molar-refractivity contribution >= 4 is 22.6 Å². The second-order valence-electron chi connectivity index (χ2n) is 6.51. The third kappa shape index (κ3) is 5.11. The molecule has 0 fully saturated rings. The highest BCUT2D eigenvalue weighted by molar-refractivity contribution is 5.89. The number of aromatic amines is 1. The van der Waals surface area contributed by atoms with Gasteiger partial charge in [-0.05, 0) is 55.0 Å². The molecule has 8 heteroatoms. The van der Waals surface area contributed by atoms with E-state index in [-0.39, 0.29) is 25.3 Å². The van der Waals surface area contributed by atoms with Crippen LogP contribution in [-0.4, -0.2) is 41.3 Å². The minimum Gasteiger partial charge on any atom is -0.497 e. The Morgan fingerprint density at radius 1 is 1.21 bits per heavy atom. The van der Waals surface area contributed by atoms with Crippen molar-refractivity contribution in [3.63, 3.8) is 0 Å². The summed E-state index contributed by atoms with van der Waals surface area (Å²) in [4.78, 5) is 29.4. The smallest absolute Gasteiger partial charge is 0.322 e. The number of fused-ring (bicyclic) bond motifs is 1. The maximum atomic E-state index is 13.1. The molecule has 7 nitrogen and oxygen atoms in total. The van der Waals surface area contributed by atoms with Crippen LogP contribution in [0.4, 0.5) is 14.9 Å². The quantitative estimate of drug-likeness (QED) is 0.569. The molecule has 3 rings (SSSR count). The van der Waals surface area contributed by atoms with Crippen LogP contribution < -0.4 is 15.6 Å². The fourth-order valence-electron chi connectivity index (χ4n) is 2.93. The Balaban J connectivity index is 1.85. The zero-order chi connectivity index (χ0) is 20.8. The lowest BCUT2D eigenvalue weighted by atomic mass is 10.1. The van der Waals surface area contributed by atoms with E-state index in [0.29, 0.717) is 28.9 Å². The molecule has 0 bridgehead atoms. The van der Waals surface area contributed by atoms with Gasteiger partial charge in [0.15, 0.2) is 0 Å². The monoisotopic (exact) mass is 399 g/mol. The van der Waals surface area contributed by atoms with Crippen LogP contribution >= 0.6 is 0 Å². The van der Waals surface area contributed by atoms with E-state index in [9.17, 15) is 14.0 Å². The van der Waals surface area contributed by atoms with Crippen LogP contribution in [0, 0.1) is 5.82 Å². The van der Waals surface area contributed by atoms with Crippen LogP contribution in [0.25, 0.3) is 10.9 Å². The number of H-pyrrole nitrogens is 1. The van der Waals surface area contributed by atoms with Gasteiger partial charge in [0.2, 0.25) is 0 Å². The van der Waals surface area contributed by atoms with Crippen molar-refractivity contribution in [2.75, 3.05) is 25.6 Å². The van der Waals surface area contributed by atoms with E-state index < -0.39 is 11.8 Å². The van der Waals surface area contributed by atoms with Gasteiger partial charge < -0.3 is 25.0 Å². The van der Waals surface area contributed by atoms with Crippen LogP contribution in [0.1, 0.15) is 12.0 Å². The van der Waals surface area contributed by atoms with E-state index in [1.54, 1.807) is 31.4 Å². The Morgan fingerprint density at radius 3 is 2.66 bits per heavy atom. The highest BCUT2D eigenvalue weighted by Crippen LogP contribution is 2.19. The van der Waals surface area contributed by atoms with Gasteiger partial charge in [-0.3, -0.25) is 4.79 Å². The van der Waals surface area contributed by atoms with Gasteiger partial charge in [-0.15, -0.1) is 0 Å². The van der Waals surface area contributed by atoms with Crippen molar-refractivity contribution < 1.29 is 19.0 Å². The van der Waals surface area contributed by atoms with Crippen molar-refractivity contribution in [1.29, 1.82) is 0 Å². The summed E-state index contributed by atoms with van der Waals surface area (Å²) in [6, 6.07) is 12.0. The number of pyridine rings is 1. The number of benzene rings is 2. The highest BCUT2D eigenvalue weighted by Gasteiger charge is 2.16. The van der Waals surface area contributed by atoms with Gasteiger partial charge in [0.1, 0.15) is 11.6 Å². The molecule has 0 spiro atoms. The molecule has 0 saturated carbocycles. The summed E-state index contributed by atoms with van der Waals surface area (Å²) in [6.45, 7) is 0.209. The fraction of sp³-hybridized carbons (Fsp3) is 0.238. The zero-order valence-corrected chi connectivity index (χ0v) is 15.9. The predicted molar refractivity (Wildman–Crippen MR) is 109 cm³/mol. The van der Waals surface area contributed by atoms with Gasteiger partial charge in [0, 0.05) is 35.3 Å². The maximum absolute atomic E-state index is 13.1. The first kappa shape index (κ1) is 20.3. The van der Waals surface area contributed by atoms with Crippen molar-refractivity contribution in [3.05, 3.63) is 70.3 Å². The number of carbonyl (C=O) groups is 1. The van der Waals surface area contributed by atoms with Crippen molar-refractivity contribution in [1.82, 2.24) is 9.88 Å². The molecular formula is C21H22FN3O4. The number of aliphatic hydroxyl groups is 1. The summed E-state index contributed by atoms with van der Waals surface area (Å²) >= 11 is 0. The Labute approximate surface area is 166 Å². The molecule has 1 heterocycles. The molecule has 3 N–H and O–H groups in total. The van der Waals surface area contributed by atoms with E-state index in [1.165, 1.54) is 29.2 Å². The molecule has 0 unspecified atom stereocenters. The number of hydrogen-bond donors (Lipinski definition) is 3. The summed E-state index contributed by atoms with van der Waals surface area (Å²) in [7, 11) is 1.56. The van der Waals surface area contributed by atoms with E-state index in [4.69, 9.17) is 9.84 Å². The number of methoxy groups -OCH3 is 1. The molecule has 1 aromatic heterocycles. The molecule has 0 saturated heterocycles. The first-order valence-electron chi connectivity index (χ1n) is 9.12. The van der Waals surface area contributed by atoms with E-state index in [0.717, 1.165) is 5.39 Å². The van der Waals surface area contributed by atoms with Crippen molar-refractivity contribution in [2.24, 2.45) is 0 Å². The molecule has 152 valence electrons. The molecule has 0 aliphatic carbocycles. The minimum absolute atomic E-state index is 0.0511. The lowest BCUT2D eigenvalue weighted by Crippen LogP contribution is -2.37. The summed E-state index contributed by atoms with van der Waals surface area (Å²) < 4.78 is 18.3. The number of aromatic nitrogens is 1. The van der Waals surface area contributed by atoms with Gasteiger partial charge in [-0.25, -0.2) is 9.18 Å². The molecule has 0 atom stereocenters. The molecular weight excluding hydrogens is 377 g/mol. The van der Waals surface area contributed by atoms with Gasteiger partial charge in [-0.2, -0.15) is 0 Å². The number of urea groups is 1. The number of nitrogens with zero attached hydrogens (tertiary/aromatic N) is 1. The number of aliphatic hydroxyl groups excluding tert-OH is 1. The number of hydrogen-bond acceptors (Lipinski definition) is 4. The number of ether oxygens (including phenoxy) is 1. The lowest BCUT2D eigenvalue weighted by Gasteiger charge is -2.23. The molecule has 29 heavy (non-hydrogen) atoms. The van der Waals surface area contributed by atoms with Crippen LogP contribution in [-0.2, 0) is 6.54 Å². The topological polar surface area (TPSA) is 94.7 Å². The molecule has 0 aliphatic rings. The molecule has 2 aromatic carbocycles. The number of halogens is 1. The minimum atomic E-state index is -0.449. The Kier molecular flexibility index (Phi) is 6.46. The van der Waals surface area contributed by atoms with Crippen molar-refractivity contribution in [2.45, 2.75) is 13.0 Å². The third-order valence-electron chi connectivity index (χ3n) is 4.46. The van der Waals surface area contributed by atoms with Gasteiger partial charge >= 0.3 is 6.03 Å². The molecule has 3 aromatic rings. The largest absolute Gasteiger partial charge is 0.497 e. The SMILES string of the molecule is COc1ccc2[nH]c(=O)c(CN(CCCO)C(=O)Nc3ccc(F)cc3)cc2c1. The summed E-state index contributed by atoms with van der Waals surface area (Å²) in [5.41, 5.74) is 1.20. The predicted octanol–water partition coefficient (Wildman–Crippen LogP) is 3.09. The van der Waals surface area contributed by atoms with Gasteiger partial charge in [0.25, 0.3) is 5.56 Å². The summed E-state index contributed by atoms with van der Waals surface area (Å²) in [5.74, 6) is 0.250. The number of rotatable bonds is 7. The Morgan fingerprint density at radius 2 is 1.97 bits per heavy atom. The zero-order valence-electron chi connectivity index (χ0n) is 15.9. The Bertz CT molecular complexity index is 1050. The summed E-state index contributed by atoms with van der Waals surface area (Å²) in [6.07, 6.45) is 0.357. The number of nitrogens with one attached hydrogen (secondary N) is 2. The average Bonchev–Trinajstić information content (AvgIpc) is 2.72. The van der Waals surface area contributed by atoms with Crippen LogP contribution in [0.3, 0.4) is 0 Å². The first-order chi connectivity index (χ1) is 14.0. The summed E-state index contributed by atoms with van der Waals surface area (Å²) in [5, 5.41) is 12.6. The second-order valence-corrected chi connectivity index (χ2v) is 6.51. The Hall–Kier alpha value is -3.39. The fourth-order valence-corrected chi connectivity index (χ4v) is 2.93. The van der Waals surface area contributed by atoms with E-state index >= 15 is 0 Å². The third-order valence-corrected chi connectivity index (χ3v) is 4.46. The van der Waals surface area contributed by atoms with Crippen LogP contribution in [0.2, 0.25) is 0 Å². The molecule has 0 aliphatic heterocycles. The first-order valence-corrected chi connectivity index (χ1v) is 9.12. The maximum Gasteiger partial charge on any atom is 0.322 e. The highest BCUT2D eigenvalue weighted by atomic mass is 19.1. The normalized spacial score (nSPS) is 10.7. The number of anilines is 1. The standard InChI is InChI=1S/C21H22FN3O4/c1-29-18-7-8-19-14(12-18)11-15(20(27)24-19)13-25(9-2-10-26)21(28)23-17-5-3-16(22)4-6-17/h3-8,11-12,26H,2,9-10,13H2,1H3,(H,23,28)(H,24,27). The number of carbonyl (C=O) groups excluding carboxylic acids is 1. The van der Waals surface area contributed by atoms with E-state index in [2.05, 4.69) is 10.3 Å². The van der Waals surface area contributed by atoms with Crippen molar-refractivity contribution in [3.8, 4) is 5.75 Å². The van der Waals surface area contributed by atoms with Gasteiger partial charge in [-0.1, -0.05) is 0 Å².